The van der Waals surface area contributed by atoms with Crippen molar-refractivity contribution >= 4 is 26.8 Å². The molecule has 0 bridgehead atoms. The number of nitrogens with one attached hydrogen (secondary N) is 2. The lowest BCUT2D eigenvalue weighted by Gasteiger charge is -2.12. The summed E-state index contributed by atoms with van der Waals surface area (Å²) >= 11 is 0. The second kappa shape index (κ2) is 8.34. The molecule has 2 aromatic carbocycles. The van der Waals surface area contributed by atoms with Crippen molar-refractivity contribution in [2.75, 3.05) is 18.6 Å². The van der Waals surface area contributed by atoms with Crippen molar-refractivity contribution in [2.24, 2.45) is 0 Å². The molecule has 2 heterocycles. The second-order valence-corrected chi connectivity index (χ2v) is 8.66. The Bertz CT molecular complexity index is 1230. The van der Waals surface area contributed by atoms with Gasteiger partial charge in [0.2, 0.25) is 10.0 Å². The van der Waals surface area contributed by atoms with Gasteiger partial charge in [0.1, 0.15) is 6.33 Å². The maximum absolute atomic E-state index is 12.5. The van der Waals surface area contributed by atoms with Gasteiger partial charge in [-0.05, 0) is 49.2 Å². The second-order valence-electron chi connectivity index (χ2n) is 6.89. The molecule has 1 saturated heterocycles. The van der Waals surface area contributed by atoms with Crippen LogP contribution < -0.4 is 15.7 Å². The summed E-state index contributed by atoms with van der Waals surface area (Å²) in [7, 11) is -3.71. The van der Waals surface area contributed by atoms with E-state index in [9.17, 15) is 18.0 Å². The molecule has 0 saturated carbocycles. The van der Waals surface area contributed by atoms with Gasteiger partial charge in [-0.2, -0.15) is 0 Å². The van der Waals surface area contributed by atoms with Crippen LogP contribution in [0.2, 0.25) is 0 Å². The van der Waals surface area contributed by atoms with Crippen molar-refractivity contribution in [2.45, 2.75) is 23.8 Å². The van der Waals surface area contributed by atoms with Gasteiger partial charge in [-0.25, -0.2) is 22.8 Å². The molecule has 4 rings (SSSR count). The maximum atomic E-state index is 12.5. The summed E-state index contributed by atoms with van der Waals surface area (Å²) in [5.74, 6) is -0.564. The molecule has 0 aliphatic carbocycles. The number of sulfonamides is 1. The minimum absolute atomic E-state index is 0.0431. The number of carbonyl (C=O) groups excluding carboxylic acids is 1. The molecule has 9 nitrogen and oxygen atoms in total. The summed E-state index contributed by atoms with van der Waals surface area (Å²) in [6, 6.07) is 12.3. The number of carbonyl (C=O) groups is 1. The monoisotopic (exact) mass is 428 g/mol. The lowest BCUT2D eigenvalue weighted by Crippen LogP contribution is -2.33. The first-order chi connectivity index (χ1) is 14.4. The number of amides is 1. The molecule has 156 valence electrons. The van der Waals surface area contributed by atoms with Crippen LogP contribution in [0.3, 0.4) is 0 Å². The van der Waals surface area contributed by atoms with E-state index in [-0.39, 0.29) is 23.1 Å². The first-order valence-electron chi connectivity index (χ1n) is 9.43. The number of aromatic nitrogens is 2. The van der Waals surface area contributed by atoms with Gasteiger partial charge in [-0.1, -0.05) is 12.1 Å². The third-order valence-corrected chi connectivity index (χ3v) is 6.28. The van der Waals surface area contributed by atoms with Gasteiger partial charge >= 0.3 is 0 Å². The molecule has 2 N–H and O–H groups in total. The van der Waals surface area contributed by atoms with Gasteiger partial charge in [-0.3, -0.25) is 15.0 Å². The molecular weight excluding hydrogens is 408 g/mol. The number of ether oxygens (including phenoxy) is 1. The lowest BCUT2D eigenvalue weighted by atomic mass is 10.2. The summed E-state index contributed by atoms with van der Waals surface area (Å²) in [5.41, 5.74) is 2.78. The van der Waals surface area contributed by atoms with E-state index in [1.807, 2.05) is 0 Å². The highest BCUT2D eigenvalue weighted by atomic mass is 32.2. The number of fused-ring (bicyclic) bond motifs is 1. The Hall–Kier alpha value is -3.08. The molecule has 1 fully saturated rings. The highest BCUT2D eigenvalue weighted by molar-refractivity contribution is 7.89. The third kappa shape index (κ3) is 4.25. The van der Waals surface area contributed by atoms with E-state index in [0.717, 1.165) is 17.5 Å². The van der Waals surface area contributed by atoms with Crippen LogP contribution in [0, 0.1) is 0 Å². The van der Waals surface area contributed by atoms with Crippen LogP contribution in [0.25, 0.3) is 10.9 Å². The first kappa shape index (κ1) is 20.2. The van der Waals surface area contributed by atoms with Gasteiger partial charge < -0.3 is 4.74 Å². The Balaban J connectivity index is 1.46. The summed E-state index contributed by atoms with van der Waals surface area (Å²) in [6.45, 7) is 0.856. The van der Waals surface area contributed by atoms with E-state index in [0.29, 0.717) is 17.5 Å². The topological polar surface area (TPSA) is 119 Å². The molecule has 0 spiro atoms. The van der Waals surface area contributed by atoms with Crippen molar-refractivity contribution in [1.29, 1.82) is 0 Å². The zero-order valence-corrected chi connectivity index (χ0v) is 16.8. The molecule has 1 aliphatic heterocycles. The molecule has 1 aromatic heterocycles. The van der Waals surface area contributed by atoms with Gasteiger partial charge in [0.15, 0.2) is 0 Å². The molecule has 1 amide bonds. The molecule has 30 heavy (non-hydrogen) atoms. The Morgan fingerprint density at radius 2 is 1.93 bits per heavy atom. The van der Waals surface area contributed by atoms with Crippen LogP contribution in [0.5, 0.6) is 0 Å². The molecule has 3 aromatic rings. The van der Waals surface area contributed by atoms with E-state index in [2.05, 4.69) is 15.1 Å². The standard InChI is InChI=1S/C20H20N4O5S/c25-19(23-24-13-21-18-6-2-1-5-17(18)20(24)26)14-7-9-16(10-8-14)30(27,28)22-12-15-4-3-11-29-15/h1-2,5-10,13,15,22H,3-4,11-12H2,(H,23,25)/t15-/m0/s1. The molecule has 0 unspecified atom stereocenters. The number of benzene rings is 2. The molecule has 0 radical (unpaired) electrons. The van der Waals surface area contributed by atoms with Crippen molar-refractivity contribution in [1.82, 2.24) is 14.4 Å². The predicted molar refractivity (Wildman–Crippen MR) is 110 cm³/mol. The highest BCUT2D eigenvalue weighted by Gasteiger charge is 2.20. The zero-order valence-electron chi connectivity index (χ0n) is 15.9. The number of hydrogen-bond donors (Lipinski definition) is 2. The number of nitrogens with zero attached hydrogens (tertiary/aromatic N) is 2. The van der Waals surface area contributed by atoms with Crippen molar-refractivity contribution in [3.05, 3.63) is 70.8 Å². The fourth-order valence-electron chi connectivity index (χ4n) is 3.20. The van der Waals surface area contributed by atoms with Crippen LogP contribution in [0.1, 0.15) is 23.2 Å². The average Bonchev–Trinajstić information content (AvgIpc) is 3.28. The largest absolute Gasteiger partial charge is 0.377 e. The third-order valence-electron chi connectivity index (χ3n) is 4.84. The van der Waals surface area contributed by atoms with Gasteiger partial charge in [0.25, 0.3) is 11.5 Å². The minimum Gasteiger partial charge on any atom is -0.377 e. The van der Waals surface area contributed by atoms with E-state index in [4.69, 9.17) is 4.74 Å². The van der Waals surface area contributed by atoms with Crippen LogP contribution in [-0.2, 0) is 14.8 Å². The highest BCUT2D eigenvalue weighted by Crippen LogP contribution is 2.14. The Morgan fingerprint density at radius 1 is 1.17 bits per heavy atom. The van der Waals surface area contributed by atoms with Crippen LogP contribution in [0.15, 0.2) is 64.5 Å². The lowest BCUT2D eigenvalue weighted by molar-refractivity contribution is 0.101. The minimum atomic E-state index is -3.71. The van der Waals surface area contributed by atoms with Crippen molar-refractivity contribution < 1.29 is 17.9 Å². The zero-order chi connectivity index (χ0) is 21.1. The average molecular weight is 428 g/mol. The molecule has 1 aliphatic rings. The Labute approximate surface area is 172 Å². The summed E-state index contributed by atoms with van der Waals surface area (Å²) in [4.78, 5) is 29.1. The smallest absolute Gasteiger partial charge is 0.280 e. The van der Waals surface area contributed by atoms with Gasteiger partial charge in [0, 0.05) is 18.7 Å². The van der Waals surface area contributed by atoms with Crippen molar-refractivity contribution in [3.8, 4) is 0 Å². The maximum Gasteiger partial charge on any atom is 0.280 e. The quantitative estimate of drug-likeness (QED) is 0.610. The molecule has 10 heteroatoms. The van der Waals surface area contributed by atoms with E-state index in [1.165, 1.54) is 30.6 Å². The Kier molecular flexibility index (Phi) is 5.62. The van der Waals surface area contributed by atoms with Crippen LogP contribution in [-0.4, -0.2) is 43.2 Å². The number of rotatable bonds is 6. The normalized spacial score (nSPS) is 16.6. The summed E-state index contributed by atoms with van der Waals surface area (Å²) in [5, 5.41) is 0.374. The van der Waals surface area contributed by atoms with Gasteiger partial charge in [0.05, 0.1) is 21.9 Å². The SMILES string of the molecule is O=C(Nn1cnc2ccccc2c1=O)c1ccc(S(=O)(=O)NC[C@@H]2CCCO2)cc1. The molecular formula is C20H20N4O5S. The number of hydrogen-bond acceptors (Lipinski definition) is 6. The molecule has 1 atom stereocenters. The van der Waals surface area contributed by atoms with E-state index in [1.54, 1.807) is 24.3 Å². The predicted octanol–water partition coefficient (Wildman–Crippen LogP) is 1.24. The first-order valence-corrected chi connectivity index (χ1v) is 10.9. The number of para-hydroxylation sites is 1. The van der Waals surface area contributed by atoms with E-state index >= 15 is 0 Å². The Morgan fingerprint density at radius 3 is 2.67 bits per heavy atom. The fraction of sp³-hybridized carbons (Fsp3) is 0.250. The van der Waals surface area contributed by atoms with Gasteiger partial charge in [-0.15, -0.1) is 0 Å². The fourth-order valence-corrected chi connectivity index (χ4v) is 4.27. The van der Waals surface area contributed by atoms with Crippen molar-refractivity contribution in [3.63, 3.8) is 0 Å². The van der Waals surface area contributed by atoms with Crippen LogP contribution >= 0.6 is 0 Å². The summed E-state index contributed by atoms with van der Waals surface area (Å²) < 4.78 is 33.8. The van der Waals surface area contributed by atoms with Crippen LogP contribution in [0.4, 0.5) is 0 Å². The summed E-state index contributed by atoms with van der Waals surface area (Å²) in [6.07, 6.45) is 2.87. The van der Waals surface area contributed by atoms with E-state index < -0.39 is 21.5 Å².